The average molecular weight is 335 g/mol. The van der Waals surface area contributed by atoms with Crippen molar-refractivity contribution in [3.05, 3.63) is 28.7 Å². The van der Waals surface area contributed by atoms with Gasteiger partial charge in [0, 0.05) is 24.7 Å². The minimum absolute atomic E-state index is 0.137. The second-order valence-corrected chi connectivity index (χ2v) is 6.63. The molecule has 1 aliphatic rings. The third-order valence-corrected chi connectivity index (χ3v) is 5.40. The molecule has 7 heteroatoms. The minimum atomic E-state index is -3.53. The van der Waals surface area contributed by atoms with Gasteiger partial charge in [-0.1, -0.05) is 12.1 Å². The van der Waals surface area contributed by atoms with Crippen LogP contribution in [-0.4, -0.2) is 40.8 Å². The van der Waals surface area contributed by atoms with E-state index in [9.17, 15) is 8.42 Å². The molecule has 18 heavy (non-hydrogen) atoms. The number of nitrogens with one attached hydrogen (secondary N) is 2. The molecule has 2 atom stereocenters. The number of rotatable bonds is 4. The van der Waals surface area contributed by atoms with Crippen LogP contribution >= 0.6 is 15.9 Å². The largest absolute Gasteiger partial charge is 0.378 e. The standard InChI is InChI=1S/C11H15BrN2O3S/c1-17-10-7-13-6-9(10)14-18(15,16)11-5-3-2-4-8(11)12/h2-5,9-10,13-14H,6-7H2,1H3/t9?,10-/m1/s1. The van der Waals surface area contributed by atoms with E-state index in [4.69, 9.17) is 4.74 Å². The molecule has 1 fully saturated rings. The summed E-state index contributed by atoms with van der Waals surface area (Å²) in [4.78, 5) is 0.242. The van der Waals surface area contributed by atoms with Gasteiger partial charge in [0.15, 0.2) is 0 Å². The Bertz CT molecular complexity index is 521. The molecule has 0 saturated carbocycles. The Morgan fingerprint density at radius 2 is 2.11 bits per heavy atom. The summed E-state index contributed by atoms with van der Waals surface area (Å²) in [6.07, 6.45) is -0.137. The van der Waals surface area contributed by atoms with E-state index in [1.54, 1.807) is 31.4 Å². The second-order valence-electron chi connectivity index (χ2n) is 4.09. The van der Waals surface area contributed by atoms with Gasteiger partial charge in [-0.2, -0.15) is 0 Å². The van der Waals surface area contributed by atoms with Crippen LogP contribution in [0.4, 0.5) is 0 Å². The van der Waals surface area contributed by atoms with Crippen LogP contribution in [0.25, 0.3) is 0 Å². The lowest BCUT2D eigenvalue weighted by atomic mass is 10.2. The van der Waals surface area contributed by atoms with Crippen molar-refractivity contribution < 1.29 is 13.2 Å². The second kappa shape index (κ2) is 5.66. The predicted octanol–water partition coefficient (Wildman–Crippen LogP) is 0.714. The van der Waals surface area contributed by atoms with Crippen molar-refractivity contribution in [2.45, 2.75) is 17.0 Å². The van der Waals surface area contributed by atoms with Crippen LogP contribution in [0.3, 0.4) is 0 Å². The predicted molar refractivity (Wildman–Crippen MR) is 71.9 cm³/mol. The van der Waals surface area contributed by atoms with E-state index in [1.165, 1.54) is 0 Å². The fourth-order valence-electron chi connectivity index (χ4n) is 1.95. The van der Waals surface area contributed by atoms with Crippen molar-refractivity contribution in [3.8, 4) is 0 Å². The highest BCUT2D eigenvalue weighted by Crippen LogP contribution is 2.21. The summed E-state index contributed by atoms with van der Waals surface area (Å²) >= 11 is 3.25. The molecule has 0 aliphatic carbocycles. The molecule has 1 aromatic rings. The highest BCUT2D eigenvalue weighted by Gasteiger charge is 2.31. The highest BCUT2D eigenvalue weighted by atomic mass is 79.9. The van der Waals surface area contributed by atoms with Gasteiger partial charge < -0.3 is 10.1 Å². The number of sulfonamides is 1. The van der Waals surface area contributed by atoms with Gasteiger partial charge in [0.05, 0.1) is 17.0 Å². The van der Waals surface area contributed by atoms with E-state index in [2.05, 4.69) is 26.0 Å². The molecular weight excluding hydrogens is 320 g/mol. The third-order valence-electron chi connectivity index (χ3n) is 2.89. The van der Waals surface area contributed by atoms with Crippen LogP contribution in [0.5, 0.6) is 0 Å². The van der Waals surface area contributed by atoms with E-state index in [-0.39, 0.29) is 17.0 Å². The molecule has 100 valence electrons. The summed E-state index contributed by atoms with van der Waals surface area (Å²) < 4.78 is 32.9. The Morgan fingerprint density at radius 1 is 1.39 bits per heavy atom. The Morgan fingerprint density at radius 3 is 2.78 bits per heavy atom. The van der Waals surface area contributed by atoms with Gasteiger partial charge in [0.1, 0.15) is 0 Å². The summed E-state index contributed by atoms with van der Waals surface area (Å²) in [5, 5.41) is 3.10. The topological polar surface area (TPSA) is 67.4 Å². The molecule has 1 heterocycles. The van der Waals surface area contributed by atoms with Crippen molar-refractivity contribution >= 4 is 26.0 Å². The Balaban J connectivity index is 2.20. The first-order valence-corrected chi connectivity index (χ1v) is 7.82. The lowest BCUT2D eigenvalue weighted by molar-refractivity contribution is 0.103. The molecule has 0 bridgehead atoms. The number of methoxy groups -OCH3 is 1. The smallest absolute Gasteiger partial charge is 0.242 e. The molecule has 0 spiro atoms. The maximum atomic E-state index is 12.2. The zero-order valence-corrected chi connectivity index (χ0v) is 12.3. The summed E-state index contributed by atoms with van der Waals surface area (Å²) in [5.74, 6) is 0. The Labute approximate surface area is 115 Å². The molecule has 1 saturated heterocycles. The zero-order chi connectivity index (χ0) is 13.2. The molecule has 0 amide bonds. The minimum Gasteiger partial charge on any atom is -0.378 e. The molecule has 0 aromatic heterocycles. The van der Waals surface area contributed by atoms with Crippen molar-refractivity contribution in [2.24, 2.45) is 0 Å². The van der Waals surface area contributed by atoms with Crippen LogP contribution in [0.1, 0.15) is 0 Å². The van der Waals surface area contributed by atoms with Gasteiger partial charge in [0.25, 0.3) is 0 Å². The maximum Gasteiger partial charge on any atom is 0.242 e. The molecule has 2 rings (SSSR count). The van der Waals surface area contributed by atoms with Crippen LogP contribution in [0.15, 0.2) is 33.6 Å². The van der Waals surface area contributed by atoms with E-state index >= 15 is 0 Å². The number of halogens is 1. The van der Waals surface area contributed by atoms with E-state index in [0.717, 1.165) is 0 Å². The van der Waals surface area contributed by atoms with E-state index in [1.807, 2.05) is 0 Å². The van der Waals surface area contributed by atoms with Crippen molar-refractivity contribution in [1.82, 2.24) is 10.0 Å². The molecule has 1 unspecified atom stereocenters. The Hall–Kier alpha value is -0.470. The molecule has 1 aliphatic heterocycles. The molecule has 2 N–H and O–H groups in total. The van der Waals surface area contributed by atoms with Crippen LogP contribution in [0.2, 0.25) is 0 Å². The summed E-state index contributed by atoms with van der Waals surface area (Å²) in [7, 11) is -1.95. The van der Waals surface area contributed by atoms with Gasteiger partial charge in [-0.05, 0) is 28.1 Å². The van der Waals surface area contributed by atoms with Gasteiger partial charge in [-0.25, -0.2) is 13.1 Å². The lowest BCUT2D eigenvalue weighted by Crippen LogP contribution is -2.43. The summed E-state index contributed by atoms with van der Waals surface area (Å²) in [6.45, 7) is 1.22. The quantitative estimate of drug-likeness (QED) is 0.851. The van der Waals surface area contributed by atoms with Crippen molar-refractivity contribution in [3.63, 3.8) is 0 Å². The number of benzene rings is 1. The third kappa shape index (κ3) is 2.92. The fraction of sp³-hybridized carbons (Fsp3) is 0.455. The van der Waals surface area contributed by atoms with Gasteiger partial charge in [0.2, 0.25) is 10.0 Å². The highest BCUT2D eigenvalue weighted by molar-refractivity contribution is 9.10. The fourth-order valence-corrected chi connectivity index (χ4v) is 4.21. The molecule has 1 aromatic carbocycles. The van der Waals surface area contributed by atoms with Crippen molar-refractivity contribution in [2.75, 3.05) is 20.2 Å². The van der Waals surface area contributed by atoms with Gasteiger partial charge >= 0.3 is 0 Å². The summed E-state index contributed by atoms with van der Waals surface area (Å²) in [6, 6.07) is 6.50. The number of ether oxygens (including phenoxy) is 1. The molecule has 0 radical (unpaired) electrons. The average Bonchev–Trinajstić information content (AvgIpc) is 2.76. The van der Waals surface area contributed by atoms with Crippen LogP contribution in [-0.2, 0) is 14.8 Å². The van der Waals surface area contributed by atoms with Gasteiger partial charge in [-0.15, -0.1) is 0 Å². The summed E-state index contributed by atoms with van der Waals surface area (Å²) in [5.41, 5.74) is 0. The Kier molecular flexibility index (Phi) is 4.39. The first kappa shape index (κ1) is 14.0. The number of hydrogen-bond acceptors (Lipinski definition) is 4. The van der Waals surface area contributed by atoms with E-state index in [0.29, 0.717) is 17.6 Å². The van der Waals surface area contributed by atoms with Crippen LogP contribution < -0.4 is 10.0 Å². The normalized spacial score (nSPS) is 24.3. The monoisotopic (exact) mass is 334 g/mol. The SMILES string of the molecule is CO[C@@H]1CNCC1NS(=O)(=O)c1ccccc1Br. The molecule has 5 nitrogen and oxygen atoms in total. The molecular formula is C11H15BrN2O3S. The zero-order valence-electron chi connectivity index (χ0n) is 9.89. The maximum absolute atomic E-state index is 12.2. The van der Waals surface area contributed by atoms with Gasteiger partial charge in [-0.3, -0.25) is 0 Å². The first-order chi connectivity index (χ1) is 8.54. The van der Waals surface area contributed by atoms with Crippen LogP contribution in [0, 0.1) is 0 Å². The van der Waals surface area contributed by atoms with E-state index < -0.39 is 10.0 Å². The number of hydrogen-bond donors (Lipinski definition) is 2. The first-order valence-electron chi connectivity index (χ1n) is 5.55. The lowest BCUT2D eigenvalue weighted by Gasteiger charge is -2.19. The van der Waals surface area contributed by atoms with Crippen molar-refractivity contribution in [1.29, 1.82) is 0 Å².